The number of nitrogen functional groups attached to an aromatic ring is 1. The Labute approximate surface area is 117 Å². The second-order valence-electron chi connectivity index (χ2n) is 4.18. The average molecular weight is 274 g/mol. The monoisotopic (exact) mass is 274 g/mol. The predicted molar refractivity (Wildman–Crippen MR) is 76.9 cm³/mol. The van der Waals surface area contributed by atoms with Gasteiger partial charge in [-0.15, -0.1) is 0 Å². The quantitative estimate of drug-likeness (QED) is 0.622. The van der Waals surface area contributed by atoms with Crippen LogP contribution in [0.4, 0.5) is 5.82 Å². The number of benzene rings is 1. The molecule has 0 unspecified atom stereocenters. The highest BCUT2D eigenvalue weighted by Crippen LogP contribution is 2.25. The SMILES string of the molecule is CCCc1nc(NN)cc(Oc2cccc(OC)c2)n1. The average Bonchev–Trinajstić information content (AvgIpc) is 2.47. The van der Waals surface area contributed by atoms with Crippen LogP contribution in [-0.2, 0) is 6.42 Å². The third-order valence-corrected chi connectivity index (χ3v) is 2.63. The maximum Gasteiger partial charge on any atom is 0.224 e. The second kappa shape index (κ2) is 6.72. The van der Waals surface area contributed by atoms with Gasteiger partial charge in [0.2, 0.25) is 5.88 Å². The molecule has 0 amide bonds. The third-order valence-electron chi connectivity index (χ3n) is 2.63. The Hall–Kier alpha value is -2.34. The van der Waals surface area contributed by atoms with Gasteiger partial charge in [-0.3, -0.25) is 0 Å². The van der Waals surface area contributed by atoms with Gasteiger partial charge in [-0.05, 0) is 18.6 Å². The number of hydrogen-bond donors (Lipinski definition) is 2. The van der Waals surface area contributed by atoms with Crippen molar-refractivity contribution < 1.29 is 9.47 Å². The van der Waals surface area contributed by atoms with Crippen LogP contribution in [0.1, 0.15) is 19.2 Å². The lowest BCUT2D eigenvalue weighted by Crippen LogP contribution is -2.10. The first-order chi connectivity index (χ1) is 9.75. The molecule has 3 N–H and O–H groups in total. The lowest BCUT2D eigenvalue weighted by Gasteiger charge is -2.09. The molecule has 106 valence electrons. The Morgan fingerprint density at radius 2 is 2.00 bits per heavy atom. The Bertz CT molecular complexity index is 575. The summed E-state index contributed by atoms with van der Waals surface area (Å²) < 4.78 is 10.9. The van der Waals surface area contributed by atoms with Crippen molar-refractivity contribution in [3.63, 3.8) is 0 Å². The van der Waals surface area contributed by atoms with Crippen molar-refractivity contribution in [2.75, 3.05) is 12.5 Å². The molecule has 0 fully saturated rings. The number of aromatic nitrogens is 2. The van der Waals surface area contributed by atoms with Crippen molar-refractivity contribution in [2.24, 2.45) is 5.84 Å². The highest BCUT2D eigenvalue weighted by Gasteiger charge is 2.06. The standard InChI is InChI=1S/C14H18N4O2/c1-3-5-12-16-13(18-15)9-14(17-12)20-11-7-4-6-10(8-11)19-2/h4,6-9H,3,5,15H2,1-2H3,(H,16,17,18). The van der Waals surface area contributed by atoms with E-state index in [4.69, 9.17) is 15.3 Å². The van der Waals surface area contributed by atoms with E-state index in [9.17, 15) is 0 Å². The van der Waals surface area contributed by atoms with Crippen molar-refractivity contribution in [2.45, 2.75) is 19.8 Å². The Morgan fingerprint density at radius 1 is 1.20 bits per heavy atom. The van der Waals surface area contributed by atoms with Gasteiger partial charge >= 0.3 is 0 Å². The summed E-state index contributed by atoms with van der Waals surface area (Å²) >= 11 is 0. The van der Waals surface area contributed by atoms with Crippen LogP contribution in [0.15, 0.2) is 30.3 Å². The van der Waals surface area contributed by atoms with E-state index in [-0.39, 0.29) is 0 Å². The van der Waals surface area contributed by atoms with E-state index in [2.05, 4.69) is 22.3 Å². The predicted octanol–water partition coefficient (Wildman–Crippen LogP) is 2.52. The molecule has 0 aliphatic rings. The van der Waals surface area contributed by atoms with Crippen molar-refractivity contribution in [1.82, 2.24) is 9.97 Å². The van der Waals surface area contributed by atoms with Crippen LogP contribution < -0.4 is 20.7 Å². The molecule has 0 spiro atoms. The van der Waals surface area contributed by atoms with Crippen LogP contribution >= 0.6 is 0 Å². The highest BCUT2D eigenvalue weighted by molar-refractivity contribution is 5.40. The number of methoxy groups -OCH3 is 1. The molecule has 2 aromatic rings. The molecule has 20 heavy (non-hydrogen) atoms. The smallest absolute Gasteiger partial charge is 0.224 e. The fourth-order valence-corrected chi connectivity index (χ4v) is 1.72. The molecule has 6 heteroatoms. The maximum absolute atomic E-state index is 5.72. The van der Waals surface area contributed by atoms with Crippen LogP contribution in [0.3, 0.4) is 0 Å². The molecule has 1 aromatic heterocycles. The van der Waals surface area contributed by atoms with E-state index >= 15 is 0 Å². The lowest BCUT2D eigenvalue weighted by atomic mass is 10.3. The number of anilines is 1. The van der Waals surface area contributed by atoms with E-state index in [1.54, 1.807) is 19.2 Å². The molecule has 2 rings (SSSR count). The van der Waals surface area contributed by atoms with Gasteiger partial charge in [-0.2, -0.15) is 4.98 Å². The third kappa shape index (κ3) is 3.58. The van der Waals surface area contributed by atoms with Gasteiger partial charge in [-0.25, -0.2) is 10.8 Å². The van der Waals surface area contributed by atoms with Crippen molar-refractivity contribution in [3.05, 3.63) is 36.2 Å². The van der Waals surface area contributed by atoms with Crippen LogP contribution in [0.25, 0.3) is 0 Å². The minimum absolute atomic E-state index is 0.449. The summed E-state index contributed by atoms with van der Waals surface area (Å²) in [6.07, 6.45) is 1.72. The molecular formula is C14H18N4O2. The minimum atomic E-state index is 0.449. The van der Waals surface area contributed by atoms with Gasteiger partial charge in [0.25, 0.3) is 0 Å². The topological polar surface area (TPSA) is 82.3 Å². The van der Waals surface area contributed by atoms with Gasteiger partial charge < -0.3 is 14.9 Å². The van der Waals surface area contributed by atoms with Crippen LogP contribution in [0.2, 0.25) is 0 Å². The number of hydrazine groups is 1. The first-order valence-electron chi connectivity index (χ1n) is 6.41. The number of hydrogen-bond acceptors (Lipinski definition) is 6. The first-order valence-corrected chi connectivity index (χ1v) is 6.41. The first kappa shape index (κ1) is 14.1. The fraction of sp³-hybridized carbons (Fsp3) is 0.286. The minimum Gasteiger partial charge on any atom is -0.497 e. The van der Waals surface area contributed by atoms with Gasteiger partial charge in [-0.1, -0.05) is 13.0 Å². The molecule has 6 nitrogen and oxygen atoms in total. The summed E-state index contributed by atoms with van der Waals surface area (Å²) in [7, 11) is 1.61. The maximum atomic E-state index is 5.72. The molecule has 0 saturated heterocycles. The molecule has 0 bridgehead atoms. The highest BCUT2D eigenvalue weighted by atomic mass is 16.5. The molecule has 0 radical (unpaired) electrons. The molecule has 1 aromatic carbocycles. The number of nitrogens with zero attached hydrogens (tertiary/aromatic N) is 2. The summed E-state index contributed by atoms with van der Waals surface area (Å²) in [6.45, 7) is 2.06. The van der Waals surface area contributed by atoms with Gasteiger partial charge in [0.15, 0.2) is 0 Å². The Kier molecular flexibility index (Phi) is 4.73. The zero-order chi connectivity index (χ0) is 14.4. The van der Waals surface area contributed by atoms with Gasteiger partial charge in [0, 0.05) is 18.6 Å². The summed E-state index contributed by atoms with van der Waals surface area (Å²) in [5.74, 6) is 8.45. The van der Waals surface area contributed by atoms with E-state index in [1.165, 1.54) is 0 Å². The van der Waals surface area contributed by atoms with Crippen molar-refractivity contribution in [3.8, 4) is 17.4 Å². The van der Waals surface area contributed by atoms with Crippen molar-refractivity contribution >= 4 is 5.82 Å². The number of nitrogens with two attached hydrogens (primary N) is 1. The summed E-state index contributed by atoms with van der Waals surface area (Å²) in [5.41, 5.74) is 2.52. The molecular weight excluding hydrogens is 256 g/mol. The molecule has 0 aliphatic carbocycles. The van der Waals surface area contributed by atoms with E-state index in [0.29, 0.717) is 23.3 Å². The van der Waals surface area contributed by atoms with Crippen LogP contribution in [0.5, 0.6) is 17.4 Å². The number of aryl methyl sites for hydroxylation is 1. The van der Waals surface area contributed by atoms with E-state index in [1.807, 2.05) is 18.2 Å². The van der Waals surface area contributed by atoms with Crippen LogP contribution in [-0.4, -0.2) is 17.1 Å². The lowest BCUT2D eigenvalue weighted by molar-refractivity contribution is 0.407. The molecule has 0 atom stereocenters. The van der Waals surface area contributed by atoms with Gasteiger partial charge in [0.05, 0.1) is 7.11 Å². The van der Waals surface area contributed by atoms with Crippen LogP contribution in [0, 0.1) is 0 Å². The summed E-state index contributed by atoms with van der Waals surface area (Å²) in [5, 5.41) is 0. The molecule has 0 saturated carbocycles. The van der Waals surface area contributed by atoms with E-state index in [0.717, 1.165) is 18.6 Å². The number of nitrogens with one attached hydrogen (secondary N) is 1. The number of rotatable bonds is 6. The van der Waals surface area contributed by atoms with Crippen molar-refractivity contribution in [1.29, 1.82) is 0 Å². The fourth-order valence-electron chi connectivity index (χ4n) is 1.72. The largest absolute Gasteiger partial charge is 0.497 e. The zero-order valence-corrected chi connectivity index (χ0v) is 11.6. The summed E-state index contributed by atoms with van der Waals surface area (Å²) in [4.78, 5) is 8.62. The van der Waals surface area contributed by atoms with E-state index < -0.39 is 0 Å². The van der Waals surface area contributed by atoms with Gasteiger partial charge in [0.1, 0.15) is 23.1 Å². The second-order valence-corrected chi connectivity index (χ2v) is 4.18. The molecule has 1 heterocycles. The normalized spacial score (nSPS) is 10.2. The summed E-state index contributed by atoms with van der Waals surface area (Å²) in [6, 6.07) is 8.97. The Morgan fingerprint density at radius 3 is 2.70 bits per heavy atom. The molecule has 0 aliphatic heterocycles. The zero-order valence-electron chi connectivity index (χ0n) is 11.6. The Balaban J connectivity index is 2.24. The number of ether oxygens (including phenoxy) is 2.